The van der Waals surface area contributed by atoms with Gasteiger partial charge in [-0.1, -0.05) is 29.4 Å². The van der Waals surface area contributed by atoms with E-state index in [0.717, 1.165) is 21.8 Å². The Morgan fingerprint density at radius 2 is 1.90 bits per heavy atom. The van der Waals surface area contributed by atoms with Gasteiger partial charge in [0.2, 0.25) is 5.16 Å². The number of nitrogens with zero attached hydrogens (tertiary/aromatic N) is 3. The molecule has 0 saturated heterocycles. The molecule has 0 aliphatic heterocycles. The molecule has 1 N–H and O–H groups in total. The van der Waals surface area contributed by atoms with Crippen LogP contribution in [0.1, 0.15) is 5.69 Å². The lowest BCUT2D eigenvalue weighted by Crippen LogP contribution is -1.93. The van der Waals surface area contributed by atoms with E-state index in [1.165, 1.54) is 11.8 Å². The summed E-state index contributed by atoms with van der Waals surface area (Å²) in [5.41, 5.74) is 2.81. The van der Waals surface area contributed by atoms with Crippen molar-refractivity contribution < 1.29 is 9.47 Å². The zero-order valence-electron chi connectivity index (χ0n) is 15.7. The summed E-state index contributed by atoms with van der Waals surface area (Å²) in [4.78, 5) is 9.27. The molecule has 0 aliphatic carbocycles. The summed E-state index contributed by atoms with van der Waals surface area (Å²) in [7, 11) is 3.26. The number of aromatic amines is 1. The van der Waals surface area contributed by atoms with Crippen molar-refractivity contribution in [1.29, 1.82) is 0 Å². The minimum absolute atomic E-state index is 0.667. The van der Waals surface area contributed by atoms with Crippen LogP contribution in [0.15, 0.2) is 53.0 Å². The van der Waals surface area contributed by atoms with Gasteiger partial charge in [-0.3, -0.25) is 5.10 Å². The van der Waals surface area contributed by atoms with Crippen LogP contribution in [0.25, 0.3) is 22.0 Å². The van der Waals surface area contributed by atoms with Gasteiger partial charge in [-0.05, 0) is 36.4 Å². The number of aromatic nitrogens is 4. The molecule has 29 heavy (non-hydrogen) atoms. The lowest BCUT2D eigenvalue weighted by molar-refractivity contribution is 0.356. The van der Waals surface area contributed by atoms with Crippen molar-refractivity contribution in [3.63, 3.8) is 0 Å². The summed E-state index contributed by atoms with van der Waals surface area (Å²) in [6.07, 6.45) is 0. The van der Waals surface area contributed by atoms with Gasteiger partial charge in [-0.15, -0.1) is 16.4 Å². The molecule has 0 spiro atoms. The first-order valence-corrected chi connectivity index (χ1v) is 10.9. The van der Waals surface area contributed by atoms with E-state index < -0.39 is 0 Å². The molecule has 0 fully saturated rings. The maximum atomic E-state index is 5.93. The molecule has 0 radical (unpaired) electrons. The summed E-state index contributed by atoms with van der Waals surface area (Å²) in [6.45, 7) is 0. The molecule has 148 valence electrons. The number of benzene rings is 2. The fourth-order valence-electron chi connectivity index (χ4n) is 2.74. The second-order valence-electron chi connectivity index (χ2n) is 5.95. The maximum Gasteiger partial charge on any atom is 0.209 e. The lowest BCUT2D eigenvalue weighted by Gasteiger charge is -2.10. The highest BCUT2D eigenvalue weighted by molar-refractivity contribution is 7.98. The van der Waals surface area contributed by atoms with Crippen LogP contribution in [0.4, 0.5) is 0 Å². The highest BCUT2D eigenvalue weighted by Gasteiger charge is 2.15. The van der Waals surface area contributed by atoms with Gasteiger partial charge in [0.15, 0.2) is 17.3 Å². The quantitative estimate of drug-likeness (QED) is 0.376. The van der Waals surface area contributed by atoms with Crippen molar-refractivity contribution in [2.24, 2.45) is 0 Å². The monoisotopic (exact) mass is 444 g/mol. The Balaban J connectivity index is 1.46. The van der Waals surface area contributed by atoms with Gasteiger partial charge in [0.1, 0.15) is 5.01 Å². The van der Waals surface area contributed by atoms with Crippen molar-refractivity contribution >= 4 is 34.7 Å². The average Bonchev–Trinajstić information content (AvgIpc) is 3.42. The van der Waals surface area contributed by atoms with Gasteiger partial charge in [0.25, 0.3) is 0 Å². The number of para-hydroxylation sites is 1. The Kier molecular flexibility index (Phi) is 6.03. The van der Waals surface area contributed by atoms with Gasteiger partial charge in [-0.2, -0.15) is 0 Å². The van der Waals surface area contributed by atoms with Crippen LogP contribution in [-0.4, -0.2) is 34.4 Å². The number of hydrogen-bond donors (Lipinski definition) is 1. The Morgan fingerprint density at radius 1 is 1.07 bits per heavy atom. The van der Waals surface area contributed by atoms with Crippen LogP contribution in [-0.2, 0) is 5.75 Å². The zero-order valence-corrected chi connectivity index (χ0v) is 18.1. The topological polar surface area (TPSA) is 72.9 Å². The molecule has 2 aromatic carbocycles. The van der Waals surface area contributed by atoms with E-state index >= 15 is 0 Å². The van der Waals surface area contributed by atoms with E-state index in [4.69, 9.17) is 26.1 Å². The van der Waals surface area contributed by atoms with Crippen LogP contribution < -0.4 is 9.47 Å². The highest BCUT2D eigenvalue weighted by atomic mass is 35.5. The molecule has 2 aromatic heterocycles. The first-order valence-electron chi connectivity index (χ1n) is 8.65. The fourth-order valence-corrected chi connectivity index (χ4v) is 4.50. The summed E-state index contributed by atoms with van der Waals surface area (Å²) in [5, 5.41) is 11.5. The molecule has 0 amide bonds. The third-order valence-corrected chi connectivity index (χ3v) is 6.17. The Hall–Kier alpha value is -2.55. The minimum atomic E-state index is 0.667. The smallest absolute Gasteiger partial charge is 0.209 e. The van der Waals surface area contributed by atoms with E-state index in [1.54, 1.807) is 25.6 Å². The van der Waals surface area contributed by atoms with Crippen molar-refractivity contribution in [3.8, 4) is 33.5 Å². The second-order valence-corrected chi connectivity index (χ2v) is 8.18. The molecule has 0 bridgehead atoms. The molecule has 4 rings (SSSR count). The van der Waals surface area contributed by atoms with E-state index in [1.807, 2.05) is 47.8 Å². The average molecular weight is 445 g/mol. The first kappa shape index (κ1) is 19.8. The number of H-pyrrole nitrogens is 1. The summed E-state index contributed by atoms with van der Waals surface area (Å²) < 4.78 is 10.9. The Bertz CT molecular complexity index is 1110. The van der Waals surface area contributed by atoms with Crippen LogP contribution in [0.3, 0.4) is 0 Å². The standard InChI is InChI=1S/C20H17ClN4O2S2/c1-26-16-5-3-4-15(17(16)27-2)19-22-14(10-28-19)11-29-20-23-18(24-25-20)12-6-8-13(21)9-7-12/h3-10H,11H2,1-2H3,(H,23,24,25). The van der Waals surface area contributed by atoms with Crippen LogP contribution in [0, 0.1) is 0 Å². The first-order chi connectivity index (χ1) is 14.2. The maximum absolute atomic E-state index is 5.93. The third-order valence-electron chi connectivity index (χ3n) is 4.12. The van der Waals surface area contributed by atoms with Gasteiger partial charge in [-0.25, -0.2) is 9.97 Å². The van der Waals surface area contributed by atoms with Gasteiger partial charge >= 0.3 is 0 Å². The van der Waals surface area contributed by atoms with Gasteiger partial charge in [0.05, 0.1) is 25.5 Å². The third kappa shape index (κ3) is 4.39. The molecule has 0 atom stereocenters. The molecule has 9 heteroatoms. The normalized spacial score (nSPS) is 10.9. The summed E-state index contributed by atoms with van der Waals surface area (Å²) in [5.74, 6) is 2.75. The zero-order chi connectivity index (χ0) is 20.2. The number of ether oxygens (including phenoxy) is 2. The molecule has 4 aromatic rings. The van der Waals surface area contributed by atoms with Crippen molar-refractivity contribution in [1.82, 2.24) is 20.2 Å². The van der Waals surface area contributed by atoms with E-state index in [-0.39, 0.29) is 0 Å². The molecule has 0 unspecified atom stereocenters. The predicted molar refractivity (Wildman–Crippen MR) is 117 cm³/mol. The minimum Gasteiger partial charge on any atom is -0.493 e. The second kappa shape index (κ2) is 8.86. The molecule has 2 heterocycles. The van der Waals surface area contributed by atoms with Crippen molar-refractivity contribution in [2.75, 3.05) is 14.2 Å². The van der Waals surface area contributed by atoms with Crippen LogP contribution in [0.2, 0.25) is 5.02 Å². The van der Waals surface area contributed by atoms with Gasteiger partial charge < -0.3 is 9.47 Å². The van der Waals surface area contributed by atoms with Crippen molar-refractivity contribution in [2.45, 2.75) is 10.9 Å². The number of nitrogens with one attached hydrogen (secondary N) is 1. The Morgan fingerprint density at radius 3 is 2.66 bits per heavy atom. The number of thioether (sulfide) groups is 1. The fraction of sp³-hybridized carbons (Fsp3) is 0.150. The van der Waals surface area contributed by atoms with E-state index in [9.17, 15) is 0 Å². The summed E-state index contributed by atoms with van der Waals surface area (Å²) in [6, 6.07) is 13.3. The number of thiazole rings is 1. The van der Waals surface area contributed by atoms with Gasteiger partial charge in [0, 0.05) is 21.7 Å². The summed E-state index contributed by atoms with van der Waals surface area (Å²) >= 11 is 9.03. The SMILES string of the molecule is COc1cccc(-c2nc(CSc3n[nH]c(-c4ccc(Cl)cc4)n3)cs2)c1OC. The number of hydrogen-bond acceptors (Lipinski definition) is 7. The van der Waals surface area contributed by atoms with E-state index in [0.29, 0.717) is 33.3 Å². The number of rotatable bonds is 7. The molecule has 0 aliphatic rings. The molecule has 6 nitrogen and oxygen atoms in total. The van der Waals surface area contributed by atoms with Crippen LogP contribution >= 0.6 is 34.7 Å². The highest BCUT2D eigenvalue weighted by Crippen LogP contribution is 2.39. The number of methoxy groups -OCH3 is 2. The lowest BCUT2D eigenvalue weighted by atomic mass is 10.2. The Labute approximate surface area is 181 Å². The van der Waals surface area contributed by atoms with Crippen molar-refractivity contribution in [3.05, 3.63) is 58.6 Å². The van der Waals surface area contributed by atoms with E-state index in [2.05, 4.69) is 15.2 Å². The van der Waals surface area contributed by atoms with Crippen LogP contribution in [0.5, 0.6) is 11.5 Å². The largest absolute Gasteiger partial charge is 0.493 e. The predicted octanol–water partition coefficient (Wildman–Crippen LogP) is 5.56. The molecule has 0 saturated carbocycles. The number of halogens is 1. The molecular weight excluding hydrogens is 428 g/mol. The molecular formula is C20H17ClN4O2S2.